The summed E-state index contributed by atoms with van der Waals surface area (Å²) in [6.45, 7) is 3.70. The van der Waals surface area contributed by atoms with Crippen molar-refractivity contribution in [2.75, 3.05) is 6.54 Å². The van der Waals surface area contributed by atoms with E-state index in [1.807, 2.05) is 13.1 Å². The molecule has 0 amide bonds. The number of nitrogens with zero attached hydrogens (tertiary/aromatic N) is 3. The summed E-state index contributed by atoms with van der Waals surface area (Å²) in [6, 6.07) is 0. The van der Waals surface area contributed by atoms with E-state index >= 15 is 0 Å². The molecule has 2 rings (SSSR count). The van der Waals surface area contributed by atoms with E-state index in [-0.39, 0.29) is 0 Å². The van der Waals surface area contributed by atoms with Crippen LogP contribution in [0.15, 0.2) is 17.1 Å². The van der Waals surface area contributed by atoms with Crippen molar-refractivity contribution in [1.29, 1.82) is 0 Å². The van der Waals surface area contributed by atoms with Crippen LogP contribution in [-0.4, -0.2) is 21.7 Å². The minimum Gasteiger partial charge on any atom is -0.343 e. The van der Waals surface area contributed by atoms with E-state index in [2.05, 4.69) is 25.0 Å². The molecule has 0 atom stereocenters. The maximum atomic E-state index is 4.64. The van der Waals surface area contributed by atoms with Gasteiger partial charge in [0.15, 0.2) is 5.82 Å². The fourth-order valence-electron chi connectivity index (χ4n) is 1.20. The fraction of sp³-hybridized carbons (Fsp3) is 0.444. The molecule has 2 aromatic heterocycles. The van der Waals surface area contributed by atoms with E-state index in [1.54, 1.807) is 11.3 Å². The van der Waals surface area contributed by atoms with Crippen LogP contribution >= 0.6 is 11.3 Å². The van der Waals surface area contributed by atoms with Gasteiger partial charge in [-0.15, -0.1) is 11.3 Å². The molecule has 15 heavy (non-hydrogen) atoms. The lowest BCUT2D eigenvalue weighted by Gasteiger charge is -1.98. The molecular formula is C9H12N4OS. The Labute approximate surface area is 91.5 Å². The number of thiazole rings is 1. The second-order valence-corrected chi connectivity index (χ2v) is 4.44. The number of hydrogen-bond acceptors (Lipinski definition) is 6. The third kappa shape index (κ3) is 3.10. The molecule has 5 nitrogen and oxygen atoms in total. The zero-order chi connectivity index (χ0) is 10.5. The van der Waals surface area contributed by atoms with Crippen LogP contribution in [-0.2, 0) is 13.0 Å². The summed E-state index contributed by atoms with van der Waals surface area (Å²) in [6.07, 6.45) is 4.04. The van der Waals surface area contributed by atoms with Gasteiger partial charge in [0.25, 0.3) is 0 Å². The zero-order valence-corrected chi connectivity index (χ0v) is 9.25. The molecule has 0 aromatic carbocycles. The fourth-order valence-corrected chi connectivity index (χ4v) is 1.97. The maximum Gasteiger partial charge on any atom is 0.213 e. The smallest absolute Gasteiger partial charge is 0.213 e. The summed E-state index contributed by atoms with van der Waals surface area (Å²) < 4.78 is 4.64. The Hall–Kier alpha value is -1.27. The summed E-state index contributed by atoms with van der Waals surface area (Å²) in [5.74, 6) is 0.739. The minimum absolute atomic E-state index is 0.739. The molecule has 0 fully saturated rings. The highest BCUT2D eigenvalue weighted by Crippen LogP contribution is 2.10. The van der Waals surface area contributed by atoms with E-state index < -0.39 is 0 Å². The van der Waals surface area contributed by atoms with Gasteiger partial charge in [-0.25, -0.2) is 4.98 Å². The van der Waals surface area contributed by atoms with Gasteiger partial charge in [0, 0.05) is 30.6 Å². The van der Waals surface area contributed by atoms with E-state index in [0.29, 0.717) is 0 Å². The first-order valence-corrected chi connectivity index (χ1v) is 5.53. The predicted octanol–water partition coefficient (Wildman–Crippen LogP) is 1.17. The molecule has 0 bridgehead atoms. The van der Waals surface area contributed by atoms with Gasteiger partial charge in [0.1, 0.15) is 0 Å². The largest absolute Gasteiger partial charge is 0.343 e. The normalized spacial score (nSPS) is 10.7. The van der Waals surface area contributed by atoms with Crippen LogP contribution in [0.2, 0.25) is 0 Å². The molecule has 80 valence electrons. The Bertz CT molecular complexity index is 398. The molecule has 2 aromatic rings. The van der Waals surface area contributed by atoms with Gasteiger partial charge in [-0.3, -0.25) is 0 Å². The third-order valence-electron chi connectivity index (χ3n) is 1.90. The van der Waals surface area contributed by atoms with Gasteiger partial charge in [-0.1, -0.05) is 5.16 Å². The monoisotopic (exact) mass is 224 g/mol. The first-order valence-electron chi connectivity index (χ1n) is 4.72. The number of aromatic nitrogens is 3. The van der Waals surface area contributed by atoms with Crippen molar-refractivity contribution in [2.24, 2.45) is 0 Å². The number of aryl methyl sites for hydroxylation is 1. The van der Waals surface area contributed by atoms with Crippen molar-refractivity contribution < 1.29 is 4.52 Å². The Morgan fingerprint density at radius 1 is 1.47 bits per heavy atom. The average molecular weight is 224 g/mol. The molecule has 0 saturated heterocycles. The summed E-state index contributed by atoms with van der Waals surface area (Å²) in [7, 11) is 0. The zero-order valence-electron chi connectivity index (χ0n) is 8.43. The molecule has 0 aliphatic rings. The molecule has 0 saturated carbocycles. The average Bonchev–Trinajstić information content (AvgIpc) is 2.84. The minimum atomic E-state index is 0.739. The summed E-state index contributed by atoms with van der Waals surface area (Å²) >= 11 is 1.71. The van der Waals surface area contributed by atoms with Gasteiger partial charge in [0.05, 0.1) is 5.01 Å². The number of nitrogens with one attached hydrogen (secondary N) is 1. The Balaban J connectivity index is 1.67. The number of hydrogen-bond donors (Lipinski definition) is 1. The lowest BCUT2D eigenvalue weighted by atomic mass is 10.4. The van der Waals surface area contributed by atoms with Crippen LogP contribution in [0.4, 0.5) is 0 Å². The molecule has 0 unspecified atom stereocenters. The molecular weight excluding hydrogens is 212 g/mol. The highest BCUT2D eigenvalue weighted by molar-refractivity contribution is 7.11. The SMILES string of the molecule is Cc1ncc(CNCCc2ncon2)s1. The Kier molecular flexibility index (Phi) is 3.41. The first kappa shape index (κ1) is 10.3. The van der Waals surface area contributed by atoms with Crippen LogP contribution in [0.3, 0.4) is 0 Å². The van der Waals surface area contributed by atoms with Crippen molar-refractivity contribution >= 4 is 11.3 Å². The topological polar surface area (TPSA) is 63.8 Å². The van der Waals surface area contributed by atoms with E-state index in [0.717, 1.165) is 30.3 Å². The van der Waals surface area contributed by atoms with Crippen LogP contribution in [0.5, 0.6) is 0 Å². The predicted molar refractivity (Wildman–Crippen MR) is 56.6 cm³/mol. The maximum absolute atomic E-state index is 4.64. The van der Waals surface area contributed by atoms with Crippen molar-refractivity contribution in [1.82, 2.24) is 20.4 Å². The van der Waals surface area contributed by atoms with E-state index in [1.165, 1.54) is 11.3 Å². The number of rotatable bonds is 5. The second-order valence-electron chi connectivity index (χ2n) is 3.12. The summed E-state index contributed by atoms with van der Waals surface area (Å²) in [4.78, 5) is 9.37. The van der Waals surface area contributed by atoms with Gasteiger partial charge < -0.3 is 9.84 Å². The van der Waals surface area contributed by atoms with Crippen molar-refractivity contribution in [3.63, 3.8) is 0 Å². The molecule has 6 heteroatoms. The van der Waals surface area contributed by atoms with Crippen molar-refractivity contribution in [3.05, 3.63) is 28.3 Å². The van der Waals surface area contributed by atoms with Gasteiger partial charge in [-0.05, 0) is 6.92 Å². The van der Waals surface area contributed by atoms with E-state index in [4.69, 9.17) is 0 Å². The van der Waals surface area contributed by atoms with Crippen molar-refractivity contribution in [2.45, 2.75) is 19.9 Å². The van der Waals surface area contributed by atoms with E-state index in [9.17, 15) is 0 Å². The molecule has 0 spiro atoms. The van der Waals surface area contributed by atoms with Gasteiger partial charge in [0.2, 0.25) is 6.39 Å². The summed E-state index contributed by atoms with van der Waals surface area (Å²) in [5.41, 5.74) is 0. The van der Waals surface area contributed by atoms with Gasteiger partial charge >= 0.3 is 0 Å². The van der Waals surface area contributed by atoms with Crippen LogP contribution in [0.25, 0.3) is 0 Å². The molecule has 1 N–H and O–H groups in total. The lowest BCUT2D eigenvalue weighted by Crippen LogP contribution is -2.16. The van der Waals surface area contributed by atoms with Crippen LogP contribution in [0, 0.1) is 6.92 Å². The molecule has 0 aliphatic carbocycles. The van der Waals surface area contributed by atoms with Crippen molar-refractivity contribution in [3.8, 4) is 0 Å². The second kappa shape index (κ2) is 4.99. The molecule has 2 heterocycles. The Morgan fingerprint density at radius 3 is 3.07 bits per heavy atom. The lowest BCUT2D eigenvalue weighted by molar-refractivity contribution is 0.409. The van der Waals surface area contributed by atoms with Crippen LogP contribution < -0.4 is 5.32 Å². The summed E-state index contributed by atoms with van der Waals surface area (Å²) in [5, 5.41) is 8.13. The van der Waals surface area contributed by atoms with Gasteiger partial charge in [-0.2, -0.15) is 4.98 Å². The highest BCUT2D eigenvalue weighted by Gasteiger charge is 1.99. The standard InChI is InChI=1S/C9H12N4OS/c1-7-11-5-8(15-7)4-10-3-2-9-12-6-14-13-9/h5-6,10H,2-4H2,1H3. The quantitative estimate of drug-likeness (QED) is 0.772. The third-order valence-corrected chi connectivity index (χ3v) is 2.81. The molecule has 0 aliphatic heterocycles. The highest BCUT2D eigenvalue weighted by atomic mass is 32.1. The first-order chi connectivity index (χ1) is 7.34. The Morgan fingerprint density at radius 2 is 2.40 bits per heavy atom. The van der Waals surface area contributed by atoms with Crippen LogP contribution in [0.1, 0.15) is 15.7 Å². The molecule has 0 radical (unpaired) electrons.